The van der Waals surface area contributed by atoms with Crippen LogP contribution in [0.15, 0.2) is 29.8 Å². The molecule has 0 atom stereocenters. The van der Waals surface area contributed by atoms with Gasteiger partial charge in [-0.3, -0.25) is 4.79 Å². The molecule has 0 unspecified atom stereocenters. The largest absolute Gasteiger partial charge is 0.508 e. The van der Waals surface area contributed by atoms with E-state index in [4.69, 9.17) is 0 Å². The fraction of sp³-hybridized carbons (Fsp3) is 0.357. The predicted octanol–water partition coefficient (Wildman–Crippen LogP) is 3.31. The predicted molar refractivity (Wildman–Crippen MR) is 64.2 cm³/mol. The number of rotatable bonds is 1. The number of allylic oxidation sites excluding steroid dienone is 1. The fourth-order valence-corrected chi connectivity index (χ4v) is 2.00. The van der Waals surface area contributed by atoms with Crippen LogP contribution >= 0.6 is 0 Å². The standard InChI is InChI=1S/C14H16O2/c15-13-8-6-11(7-9-13)10-12-4-2-1-3-5-14(12)16/h6-10,15H,1-5H2. The molecule has 2 heteroatoms. The Hall–Kier alpha value is -1.57. The second kappa shape index (κ2) is 4.97. The lowest BCUT2D eigenvalue weighted by Gasteiger charge is -2.02. The third-order valence-electron chi connectivity index (χ3n) is 2.94. The van der Waals surface area contributed by atoms with Crippen molar-refractivity contribution in [2.24, 2.45) is 0 Å². The maximum atomic E-state index is 11.8. The van der Waals surface area contributed by atoms with Crippen molar-refractivity contribution in [2.75, 3.05) is 0 Å². The van der Waals surface area contributed by atoms with Crippen molar-refractivity contribution in [1.29, 1.82) is 0 Å². The van der Waals surface area contributed by atoms with Crippen LogP contribution in [0.25, 0.3) is 6.08 Å². The molecule has 16 heavy (non-hydrogen) atoms. The van der Waals surface area contributed by atoms with E-state index in [1.807, 2.05) is 18.2 Å². The van der Waals surface area contributed by atoms with Crippen molar-refractivity contribution in [3.05, 3.63) is 35.4 Å². The topological polar surface area (TPSA) is 37.3 Å². The van der Waals surface area contributed by atoms with Crippen LogP contribution in [0.5, 0.6) is 5.75 Å². The molecule has 0 amide bonds. The molecule has 1 aliphatic rings. The van der Waals surface area contributed by atoms with Crippen LogP contribution in [0.1, 0.15) is 37.7 Å². The molecular weight excluding hydrogens is 200 g/mol. The molecule has 0 bridgehead atoms. The van der Waals surface area contributed by atoms with Crippen LogP contribution in [0.2, 0.25) is 0 Å². The van der Waals surface area contributed by atoms with Gasteiger partial charge in [-0.1, -0.05) is 18.6 Å². The minimum Gasteiger partial charge on any atom is -0.508 e. The highest BCUT2D eigenvalue weighted by atomic mass is 16.3. The average molecular weight is 216 g/mol. The monoisotopic (exact) mass is 216 g/mol. The first-order valence-corrected chi connectivity index (χ1v) is 5.78. The van der Waals surface area contributed by atoms with Gasteiger partial charge in [0.15, 0.2) is 5.78 Å². The zero-order chi connectivity index (χ0) is 11.4. The Morgan fingerprint density at radius 3 is 2.44 bits per heavy atom. The molecule has 1 saturated carbocycles. The van der Waals surface area contributed by atoms with Gasteiger partial charge >= 0.3 is 0 Å². The Labute approximate surface area is 95.6 Å². The van der Waals surface area contributed by atoms with Crippen molar-refractivity contribution >= 4 is 11.9 Å². The first kappa shape index (κ1) is 10.9. The van der Waals surface area contributed by atoms with Crippen LogP contribution < -0.4 is 0 Å². The summed E-state index contributed by atoms with van der Waals surface area (Å²) in [6.07, 6.45) is 6.80. The number of aromatic hydroxyl groups is 1. The van der Waals surface area contributed by atoms with Gasteiger partial charge in [-0.05, 0) is 48.6 Å². The molecule has 1 N–H and O–H groups in total. The van der Waals surface area contributed by atoms with Crippen LogP contribution in [-0.2, 0) is 4.79 Å². The van der Waals surface area contributed by atoms with Gasteiger partial charge in [-0.2, -0.15) is 0 Å². The summed E-state index contributed by atoms with van der Waals surface area (Å²) < 4.78 is 0. The van der Waals surface area contributed by atoms with E-state index in [-0.39, 0.29) is 11.5 Å². The summed E-state index contributed by atoms with van der Waals surface area (Å²) in [6, 6.07) is 6.96. The van der Waals surface area contributed by atoms with E-state index in [0.29, 0.717) is 6.42 Å². The summed E-state index contributed by atoms with van der Waals surface area (Å²) in [4.78, 5) is 11.8. The zero-order valence-corrected chi connectivity index (χ0v) is 9.28. The quantitative estimate of drug-likeness (QED) is 0.577. The van der Waals surface area contributed by atoms with Gasteiger partial charge in [0.25, 0.3) is 0 Å². The van der Waals surface area contributed by atoms with Gasteiger partial charge in [0, 0.05) is 6.42 Å². The molecule has 2 rings (SSSR count). The minimum absolute atomic E-state index is 0.259. The number of hydrogen-bond donors (Lipinski definition) is 1. The molecule has 0 heterocycles. The smallest absolute Gasteiger partial charge is 0.158 e. The number of phenols is 1. The first-order chi connectivity index (χ1) is 7.75. The molecule has 0 aromatic heterocycles. The van der Waals surface area contributed by atoms with Gasteiger partial charge in [-0.25, -0.2) is 0 Å². The van der Waals surface area contributed by atoms with Crippen LogP contribution in [0.4, 0.5) is 0 Å². The molecule has 0 spiro atoms. The van der Waals surface area contributed by atoms with Crippen LogP contribution in [0, 0.1) is 0 Å². The maximum Gasteiger partial charge on any atom is 0.158 e. The van der Waals surface area contributed by atoms with Gasteiger partial charge in [0.05, 0.1) is 0 Å². The third-order valence-corrected chi connectivity index (χ3v) is 2.94. The van der Waals surface area contributed by atoms with Crippen molar-refractivity contribution in [3.8, 4) is 5.75 Å². The van der Waals surface area contributed by atoms with Gasteiger partial charge < -0.3 is 5.11 Å². The number of ketones is 1. The highest BCUT2D eigenvalue weighted by Crippen LogP contribution is 2.22. The van der Waals surface area contributed by atoms with Crippen molar-refractivity contribution in [3.63, 3.8) is 0 Å². The van der Waals surface area contributed by atoms with Crippen molar-refractivity contribution in [2.45, 2.75) is 32.1 Å². The molecule has 2 nitrogen and oxygen atoms in total. The van der Waals surface area contributed by atoms with E-state index in [1.165, 1.54) is 0 Å². The molecule has 1 aromatic carbocycles. The number of phenolic OH excluding ortho intramolecular Hbond substituents is 1. The van der Waals surface area contributed by atoms with Crippen LogP contribution in [0.3, 0.4) is 0 Å². The Morgan fingerprint density at radius 1 is 1.00 bits per heavy atom. The molecule has 1 aliphatic carbocycles. The number of Topliss-reactive ketones (excluding diaryl/α,β-unsaturated/α-hetero) is 1. The number of carbonyl (C=O) groups is 1. The lowest BCUT2D eigenvalue weighted by Crippen LogP contribution is -1.98. The van der Waals surface area contributed by atoms with E-state index in [1.54, 1.807) is 12.1 Å². The first-order valence-electron chi connectivity index (χ1n) is 5.78. The van der Waals surface area contributed by atoms with Crippen LogP contribution in [-0.4, -0.2) is 10.9 Å². The lowest BCUT2D eigenvalue weighted by atomic mass is 10.0. The van der Waals surface area contributed by atoms with E-state index < -0.39 is 0 Å². The molecule has 0 radical (unpaired) electrons. The van der Waals surface area contributed by atoms with E-state index in [2.05, 4.69) is 0 Å². The van der Waals surface area contributed by atoms with Gasteiger partial charge in [0.1, 0.15) is 5.75 Å². The summed E-state index contributed by atoms with van der Waals surface area (Å²) in [5.74, 6) is 0.542. The molecule has 84 valence electrons. The van der Waals surface area contributed by atoms with Gasteiger partial charge in [-0.15, -0.1) is 0 Å². The Kier molecular flexibility index (Phi) is 3.40. The van der Waals surface area contributed by atoms with E-state index in [0.717, 1.165) is 36.8 Å². The molecule has 1 aromatic rings. The van der Waals surface area contributed by atoms with Gasteiger partial charge in [0.2, 0.25) is 0 Å². The Balaban J connectivity index is 2.21. The number of hydrogen-bond acceptors (Lipinski definition) is 2. The summed E-state index contributed by atoms with van der Waals surface area (Å²) in [5, 5.41) is 9.17. The summed E-state index contributed by atoms with van der Waals surface area (Å²) >= 11 is 0. The number of carbonyl (C=O) groups excluding carboxylic acids is 1. The summed E-state index contributed by atoms with van der Waals surface area (Å²) in [6.45, 7) is 0. The molecule has 1 fully saturated rings. The Bertz CT molecular complexity index is 401. The van der Waals surface area contributed by atoms with Crippen molar-refractivity contribution < 1.29 is 9.90 Å². The Morgan fingerprint density at radius 2 is 1.69 bits per heavy atom. The second-order valence-corrected chi connectivity index (χ2v) is 4.24. The minimum atomic E-state index is 0.259. The zero-order valence-electron chi connectivity index (χ0n) is 9.28. The van der Waals surface area contributed by atoms with Crippen molar-refractivity contribution in [1.82, 2.24) is 0 Å². The summed E-state index contributed by atoms with van der Waals surface area (Å²) in [7, 11) is 0. The van der Waals surface area contributed by atoms with E-state index >= 15 is 0 Å². The normalized spacial score (nSPS) is 19.8. The summed E-state index contributed by atoms with van der Waals surface area (Å²) in [5.41, 5.74) is 1.92. The SMILES string of the molecule is O=C1CCCCCC1=Cc1ccc(O)cc1. The fourth-order valence-electron chi connectivity index (χ4n) is 2.00. The highest BCUT2D eigenvalue weighted by Gasteiger charge is 2.12. The second-order valence-electron chi connectivity index (χ2n) is 4.24. The molecular formula is C14H16O2. The molecule has 0 aliphatic heterocycles. The number of benzene rings is 1. The molecule has 0 saturated heterocycles. The average Bonchev–Trinajstić information content (AvgIpc) is 2.48. The maximum absolute atomic E-state index is 11.8. The lowest BCUT2D eigenvalue weighted by molar-refractivity contribution is -0.115. The van der Waals surface area contributed by atoms with E-state index in [9.17, 15) is 9.90 Å². The highest BCUT2D eigenvalue weighted by molar-refractivity contribution is 5.99. The third kappa shape index (κ3) is 2.72.